The Morgan fingerprint density at radius 1 is 1.58 bits per heavy atom. The van der Waals surface area contributed by atoms with Gasteiger partial charge in [-0.25, -0.2) is 0 Å². The summed E-state index contributed by atoms with van der Waals surface area (Å²) in [6.45, 7) is 0. The zero-order chi connectivity index (χ0) is 8.39. The van der Waals surface area contributed by atoms with Gasteiger partial charge in [-0.15, -0.1) is 0 Å². The van der Waals surface area contributed by atoms with E-state index in [0.29, 0.717) is 0 Å². The molecule has 2 rings (SSSR count). The van der Waals surface area contributed by atoms with Crippen LogP contribution in [-0.4, -0.2) is 12.1 Å². The van der Waals surface area contributed by atoms with E-state index < -0.39 is 7.12 Å². The van der Waals surface area contributed by atoms with Crippen molar-refractivity contribution in [1.29, 1.82) is 0 Å². The molecule has 0 saturated carbocycles. The maximum atomic E-state index is 9.13. The van der Waals surface area contributed by atoms with Crippen LogP contribution < -0.4 is 0 Å². The fraction of sp³-hybridized carbons (Fsp3) is 0.250. The zero-order valence-corrected chi connectivity index (χ0v) is 6.51. The number of rotatable bonds is 1. The molecule has 1 unspecified atom stereocenters. The lowest BCUT2D eigenvalue weighted by Crippen LogP contribution is -2.21. The molecule has 3 nitrogen and oxygen atoms in total. The van der Waals surface area contributed by atoms with Crippen molar-refractivity contribution < 1.29 is 14.1 Å². The van der Waals surface area contributed by atoms with Crippen molar-refractivity contribution in [2.75, 3.05) is 0 Å². The van der Waals surface area contributed by atoms with Crippen molar-refractivity contribution >= 4 is 7.12 Å². The molecule has 1 aliphatic heterocycles. The molecular weight excluding hydrogens is 155 g/mol. The smallest absolute Gasteiger partial charge is 0.467 e. The van der Waals surface area contributed by atoms with Gasteiger partial charge in [-0.05, 0) is 18.6 Å². The zero-order valence-electron chi connectivity index (χ0n) is 6.51. The molecule has 1 aromatic heterocycles. The molecule has 0 aromatic carbocycles. The second-order valence-corrected chi connectivity index (χ2v) is 2.69. The Balaban J connectivity index is 2.12. The standard InChI is InChI=1S/C8H9BO3/c10-9-5-1-3-8(12-9)7-4-2-6-11-7/h1-2,4-6,8,10H,3H2. The number of hydrogen-bond donors (Lipinski definition) is 1. The highest BCUT2D eigenvalue weighted by Gasteiger charge is 2.23. The van der Waals surface area contributed by atoms with E-state index in [9.17, 15) is 0 Å². The summed E-state index contributed by atoms with van der Waals surface area (Å²) in [6, 6.07) is 3.65. The van der Waals surface area contributed by atoms with Gasteiger partial charge in [0, 0.05) is 0 Å². The lowest BCUT2D eigenvalue weighted by atomic mass is 9.86. The minimum Gasteiger partial charge on any atom is -0.467 e. The third-order valence-corrected chi connectivity index (χ3v) is 1.82. The molecule has 0 aliphatic carbocycles. The normalized spacial score (nSPS) is 23.1. The molecule has 2 heterocycles. The number of furan rings is 1. The van der Waals surface area contributed by atoms with Crippen molar-refractivity contribution in [2.24, 2.45) is 0 Å². The number of hydrogen-bond acceptors (Lipinski definition) is 3. The quantitative estimate of drug-likeness (QED) is 0.636. The van der Waals surface area contributed by atoms with Gasteiger partial charge in [-0.3, -0.25) is 0 Å². The van der Waals surface area contributed by atoms with Crippen molar-refractivity contribution in [3.63, 3.8) is 0 Å². The van der Waals surface area contributed by atoms with Crippen LogP contribution in [0.1, 0.15) is 18.3 Å². The second-order valence-electron chi connectivity index (χ2n) is 2.69. The van der Waals surface area contributed by atoms with Gasteiger partial charge in [-0.1, -0.05) is 12.1 Å². The fourth-order valence-corrected chi connectivity index (χ4v) is 1.25. The molecule has 62 valence electrons. The van der Waals surface area contributed by atoms with Gasteiger partial charge in [-0.2, -0.15) is 0 Å². The van der Waals surface area contributed by atoms with Crippen LogP contribution in [0, 0.1) is 0 Å². The van der Waals surface area contributed by atoms with Crippen molar-refractivity contribution in [3.8, 4) is 0 Å². The third kappa shape index (κ3) is 1.44. The first-order valence-electron chi connectivity index (χ1n) is 3.90. The van der Waals surface area contributed by atoms with Crippen LogP contribution in [0.5, 0.6) is 0 Å². The van der Waals surface area contributed by atoms with Crippen LogP contribution in [-0.2, 0) is 4.65 Å². The summed E-state index contributed by atoms with van der Waals surface area (Å²) >= 11 is 0. The average molecular weight is 164 g/mol. The molecule has 1 N–H and O–H groups in total. The summed E-state index contributed by atoms with van der Waals surface area (Å²) in [5.41, 5.74) is 0. The molecule has 12 heavy (non-hydrogen) atoms. The Bertz CT molecular complexity index is 268. The minimum absolute atomic E-state index is 0.139. The summed E-state index contributed by atoms with van der Waals surface area (Å²) in [5, 5.41) is 9.13. The van der Waals surface area contributed by atoms with E-state index in [4.69, 9.17) is 14.1 Å². The molecule has 1 aliphatic rings. The predicted octanol–water partition coefficient (Wildman–Crippen LogP) is 1.32. The molecule has 4 heteroatoms. The SMILES string of the molecule is OB1C=CCC(c2ccco2)O1. The van der Waals surface area contributed by atoms with Crippen LogP contribution in [0.15, 0.2) is 34.9 Å². The molecular formula is C8H9BO3. The third-order valence-electron chi connectivity index (χ3n) is 1.82. The summed E-state index contributed by atoms with van der Waals surface area (Å²) in [5.74, 6) is 2.39. The molecule has 1 atom stereocenters. The monoisotopic (exact) mass is 164 g/mol. The van der Waals surface area contributed by atoms with Gasteiger partial charge < -0.3 is 14.1 Å². The fourth-order valence-electron chi connectivity index (χ4n) is 1.25. The summed E-state index contributed by atoms with van der Waals surface area (Å²) in [4.78, 5) is 0. The molecule has 0 bridgehead atoms. The van der Waals surface area contributed by atoms with E-state index in [0.717, 1.165) is 12.2 Å². The molecule has 0 saturated heterocycles. The topological polar surface area (TPSA) is 42.6 Å². The Labute approximate surface area is 70.8 Å². The van der Waals surface area contributed by atoms with E-state index in [1.165, 1.54) is 0 Å². The lowest BCUT2D eigenvalue weighted by Gasteiger charge is -2.18. The van der Waals surface area contributed by atoms with E-state index >= 15 is 0 Å². The van der Waals surface area contributed by atoms with Crippen LogP contribution >= 0.6 is 0 Å². The maximum Gasteiger partial charge on any atom is 0.483 e. The summed E-state index contributed by atoms with van der Waals surface area (Å²) in [7, 11) is -0.797. The van der Waals surface area contributed by atoms with E-state index in [1.54, 1.807) is 12.2 Å². The Morgan fingerprint density at radius 2 is 2.50 bits per heavy atom. The highest BCUT2D eigenvalue weighted by atomic mass is 16.5. The largest absolute Gasteiger partial charge is 0.483 e. The van der Waals surface area contributed by atoms with Crippen LogP contribution in [0.25, 0.3) is 0 Å². The van der Waals surface area contributed by atoms with Gasteiger partial charge in [0.05, 0.1) is 6.26 Å². The Morgan fingerprint density at radius 3 is 3.17 bits per heavy atom. The van der Waals surface area contributed by atoms with Crippen LogP contribution in [0.2, 0.25) is 0 Å². The summed E-state index contributed by atoms with van der Waals surface area (Å²) < 4.78 is 10.4. The van der Waals surface area contributed by atoms with Crippen molar-refractivity contribution in [3.05, 3.63) is 36.2 Å². The van der Waals surface area contributed by atoms with Gasteiger partial charge >= 0.3 is 7.12 Å². The Kier molecular flexibility index (Phi) is 2.02. The molecule has 1 aromatic rings. The highest BCUT2D eigenvalue weighted by Crippen LogP contribution is 2.25. The Hall–Kier alpha value is -0.995. The van der Waals surface area contributed by atoms with E-state index in [1.807, 2.05) is 18.2 Å². The van der Waals surface area contributed by atoms with Gasteiger partial charge in [0.1, 0.15) is 11.9 Å². The second kappa shape index (κ2) is 3.17. The minimum atomic E-state index is -0.797. The van der Waals surface area contributed by atoms with Crippen LogP contribution in [0.3, 0.4) is 0 Å². The predicted molar refractivity (Wildman–Crippen MR) is 44.3 cm³/mol. The maximum absolute atomic E-state index is 9.13. The van der Waals surface area contributed by atoms with Crippen molar-refractivity contribution in [1.82, 2.24) is 0 Å². The van der Waals surface area contributed by atoms with Gasteiger partial charge in [0.15, 0.2) is 0 Å². The first-order chi connectivity index (χ1) is 5.86. The van der Waals surface area contributed by atoms with Crippen LogP contribution in [0.4, 0.5) is 0 Å². The van der Waals surface area contributed by atoms with E-state index in [2.05, 4.69) is 0 Å². The molecule has 0 fully saturated rings. The van der Waals surface area contributed by atoms with Gasteiger partial charge in [0.25, 0.3) is 0 Å². The first-order valence-corrected chi connectivity index (χ1v) is 3.90. The highest BCUT2D eigenvalue weighted by molar-refractivity contribution is 6.49. The average Bonchev–Trinajstić information content (AvgIpc) is 2.56. The molecule has 0 radical (unpaired) electrons. The van der Waals surface area contributed by atoms with Gasteiger partial charge in [0.2, 0.25) is 0 Å². The summed E-state index contributed by atoms with van der Waals surface area (Å²) in [6.07, 6.45) is 4.11. The first kappa shape index (κ1) is 7.64. The lowest BCUT2D eigenvalue weighted by molar-refractivity contribution is 0.147. The molecule has 0 spiro atoms. The molecule has 0 amide bonds. The van der Waals surface area contributed by atoms with Crippen molar-refractivity contribution in [2.45, 2.75) is 12.5 Å². The van der Waals surface area contributed by atoms with E-state index in [-0.39, 0.29) is 6.10 Å².